The first kappa shape index (κ1) is 12.6. The molecule has 1 aliphatic rings. The highest BCUT2D eigenvalue weighted by Crippen LogP contribution is 2.40. The number of hydrogen-bond acceptors (Lipinski definition) is 2. The normalized spacial score (nSPS) is 26.2. The van der Waals surface area contributed by atoms with Crippen LogP contribution < -0.4 is 5.32 Å². The average Bonchev–Trinajstić information content (AvgIpc) is 2.17. The molecule has 16 heavy (non-hydrogen) atoms. The molecule has 4 nitrogen and oxygen atoms in total. The van der Waals surface area contributed by atoms with Crippen LogP contribution in [0.25, 0.3) is 0 Å². The minimum atomic E-state index is -4.96. The van der Waals surface area contributed by atoms with Crippen LogP contribution in [0.5, 0.6) is 0 Å². The van der Waals surface area contributed by atoms with Crippen molar-refractivity contribution >= 4 is 6.03 Å². The van der Waals surface area contributed by atoms with Crippen molar-refractivity contribution in [1.82, 2.24) is 10.2 Å². The summed E-state index contributed by atoms with van der Waals surface area (Å²) in [7, 11) is 0. The van der Waals surface area contributed by atoms with Crippen molar-refractivity contribution < 1.29 is 23.1 Å². The maximum absolute atomic E-state index is 12.8. The molecule has 2 amide bonds. The van der Waals surface area contributed by atoms with E-state index in [1.807, 2.05) is 0 Å². The van der Waals surface area contributed by atoms with E-state index in [1.165, 1.54) is 0 Å². The van der Waals surface area contributed by atoms with Crippen LogP contribution in [0.2, 0.25) is 0 Å². The molecule has 1 rings (SSSR count). The number of aliphatic hydroxyl groups is 1. The van der Waals surface area contributed by atoms with E-state index in [9.17, 15) is 23.1 Å². The fourth-order valence-corrected chi connectivity index (χ4v) is 1.43. The SMILES string of the molecule is C=CCN1C(=O)NC=C(C)C1(O)C(F)(F)F. The molecular formula is C9H11F3N2O2. The van der Waals surface area contributed by atoms with Crippen molar-refractivity contribution in [2.24, 2.45) is 0 Å². The topological polar surface area (TPSA) is 52.6 Å². The Bertz CT molecular complexity index is 351. The molecule has 0 bridgehead atoms. The lowest BCUT2D eigenvalue weighted by Gasteiger charge is -2.42. The molecule has 0 radical (unpaired) electrons. The lowest BCUT2D eigenvalue weighted by atomic mass is 10.0. The third-order valence-electron chi connectivity index (χ3n) is 2.30. The van der Waals surface area contributed by atoms with Crippen LogP contribution in [0.1, 0.15) is 6.92 Å². The Kier molecular flexibility index (Phi) is 3.00. The van der Waals surface area contributed by atoms with E-state index in [2.05, 4.69) is 11.9 Å². The molecule has 0 saturated carbocycles. The Morgan fingerprint density at radius 2 is 2.25 bits per heavy atom. The van der Waals surface area contributed by atoms with Gasteiger partial charge in [-0.3, -0.25) is 4.90 Å². The molecule has 1 unspecified atom stereocenters. The summed E-state index contributed by atoms with van der Waals surface area (Å²) in [6.45, 7) is 3.92. The maximum atomic E-state index is 12.8. The Labute approximate surface area is 90.0 Å². The standard InChI is InChI=1S/C9H11F3N2O2/c1-3-4-14-7(15)13-5-6(2)8(14,16)9(10,11)12/h3,5,16H,1,4H2,2H3,(H,13,15). The van der Waals surface area contributed by atoms with Crippen LogP contribution in [0.3, 0.4) is 0 Å². The molecule has 7 heteroatoms. The highest BCUT2D eigenvalue weighted by molar-refractivity contribution is 5.78. The predicted octanol–water partition coefficient (Wildman–Crippen LogP) is 1.35. The molecule has 1 heterocycles. The van der Waals surface area contributed by atoms with E-state index in [-0.39, 0.29) is 4.90 Å². The number of halogens is 3. The Morgan fingerprint density at radius 1 is 1.69 bits per heavy atom. The lowest BCUT2D eigenvalue weighted by molar-refractivity contribution is -0.287. The molecule has 0 saturated heterocycles. The van der Waals surface area contributed by atoms with Gasteiger partial charge in [0.2, 0.25) is 0 Å². The number of nitrogens with one attached hydrogen (secondary N) is 1. The minimum absolute atomic E-state index is 0.273. The van der Waals surface area contributed by atoms with Crippen molar-refractivity contribution in [1.29, 1.82) is 0 Å². The molecule has 1 atom stereocenters. The summed E-state index contributed by atoms with van der Waals surface area (Å²) in [4.78, 5) is 11.5. The van der Waals surface area contributed by atoms with Gasteiger partial charge in [-0.05, 0) is 6.92 Å². The predicted molar refractivity (Wildman–Crippen MR) is 50.2 cm³/mol. The van der Waals surface area contributed by atoms with Gasteiger partial charge in [-0.1, -0.05) is 6.08 Å². The maximum Gasteiger partial charge on any atom is 0.441 e. The van der Waals surface area contributed by atoms with E-state index in [0.717, 1.165) is 19.2 Å². The molecule has 0 spiro atoms. The first-order valence-electron chi connectivity index (χ1n) is 4.40. The van der Waals surface area contributed by atoms with E-state index in [4.69, 9.17) is 0 Å². The second kappa shape index (κ2) is 3.82. The number of carbonyl (C=O) groups excluding carboxylic acids is 1. The molecular weight excluding hydrogens is 225 g/mol. The highest BCUT2D eigenvalue weighted by Gasteiger charge is 2.61. The zero-order valence-corrected chi connectivity index (χ0v) is 8.51. The molecule has 2 N–H and O–H groups in total. The third kappa shape index (κ3) is 1.67. The van der Waals surface area contributed by atoms with Crippen molar-refractivity contribution in [3.63, 3.8) is 0 Å². The van der Waals surface area contributed by atoms with Gasteiger partial charge < -0.3 is 10.4 Å². The Balaban J connectivity index is 3.27. The van der Waals surface area contributed by atoms with Crippen molar-refractivity contribution in [3.05, 3.63) is 24.4 Å². The summed E-state index contributed by atoms with van der Waals surface area (Å²) in [5.74, 6) is 0. The number of rotatable bonds is 2. The van der Waals surface area contributed by atoms with Crippen LogP contribution in [-0.2, 0) is 0 Å². The van der Waals surface area contributed by atoms with E-state index in [1.54, 1.807) is 0 Å². The number of amides is 2. The Hall–Kier alpha value is -1.50. The van der Waals surface area contributed by atoms with Crippen molar-refractivity contribution in [2.75, 3.05) is 6.54 Å². The summed E-state index contributed by atoms with van der Waals surface area (Å²) in [6, 6.07) is -1.02. The van der Waals surface area contributed by atoms with E-state index >= 15 is 0 Å². The van der Waals surface area contributed by atoms with Gasteiger partial charge in [-0.15, -0.1) is 6.58 Å². The fraction of sp³-hybridized carbons (Fsp3) is 0.444. The highest BCUT2D eigenvalue weighted by atomic mass is 19.4. The van der Waals surface area contributed by atoms with Gasteiger partial charge in [0, 0.05) is 18.3 Å². The number of carbonyl (C=O) groups is 1. The summed E-state index contributed by atoms with van der Waals surface area (Å²) in [6.07, 6.45) is -3.02. The van der Waals surface area contributed by atoms with Gasteiger partial charge in [0.25, 0.3) is 5.72 Å². The Morgan fingerprint density at radius 3 is 2.69 bits per heavy atom. The fourth-order valence-electron chi connectivity index (χ4n) is 1.43. The molecule has 90 valence electrons. The smallest absolute Gasteiger partial charge is 0.360 e. The van der Waals surface area contributed by atoms with Crippen LogP contribution in [0.4, 0.5) is 18.0 Å². The van der Waals surface area contributed by atoms with Gasteiger partial charge in [0.15, 0.2) is 0 Å². The largest absolute Gasteiger partial charge is 0.441 e. The number of urea groups is 1. The molecule has 1 aliphatic heterocycles. The summed E-state index contributed by atoms with van der Waals surface area (Å²) >= 11 is 0. The molecule has 0 aromatic rings. The van der Waals surface area contributed by atoms with Crippen LogP contribution in [0.15, 0.2) is 24.4 Å². The zero-order valence-electron chi connectivity index (χ0n) is 8.51. The average molecular weight is 236 g/mol. The quantitative estimate of drug-likeness (QED) is 0.711. The monoisotopic (exact) mass is 236 g/mol. The zero-order chi connectivity index (χ0) is 12.6. The van der Waals surface area contributed by atoms with Crippen LogP contribution in [0, 0.1) is 0 Å². The van der Waals surface area contributed by atoms with Gasteiger partial charge in [-0.25, -0.2) is 4.79 Å². The number of nitrogens with zero attached hydrogens (tertiary/aromatic N) is 1. The van der Waals surface area contributed by atoms with Crippen LogP contribution in [-0.4, -0.2) is 34.5 Å². The van der Waals surface area contributed by atoms with Crippen molar-refractivity contribution in [2.45, 2.75) is 18.8 Å². The van der Waals surface area contributed by atoms with E-state index < -0.39 is 30.1 Å². The number of alkyl halides is 3. The lowest BCUT2D eigenvalue weighted by Crippen LogP contribution is -2.65. The van der Waals surface area contributed by atoms with Gasteiger partial charge in [-0.2, -0.15) is 13.2 Å². The van der Waals surface area contributed by atoms with Crippen LogP contribution >= 0.6 is 0 Å². The molecule has 0 aromatic heterocycles. The number of hydrogen-bond donors (Lipinski definition) is 2. The van der Waals surface area contributed by atoms with Gasteiger partial charge in [0.05, 0.1) is 0 Å². The minimum Gasteiger partial charge on any atom is -0.360 e. The summed E-state index contributed by atoms with van der Waals surface area (Å²) in [5, 5.41) is 11.8. The first-order chi connectivity index (χ1) is 7.25. The molecule has 0 aliphatic carbocycles. The van der Waals surface area contributed by atoms with Crippen molar-refractivity contribution in [3.8, 4) is 0 Å². The third-order valence-corrected chi connectivity index (χ3v) is 2.30. The van der Waals surface area contributed by atoms with Gasteiger partial charge in [0.1, 0.15) is 0 Å². The second-order valence-corrected chi connectivity index (χ2v) is 3.35. The first-order valence-corrected chi connectivity index (χ1v) is 4.40. The summed E-state index contributed by atoms with van der Waals surface area (Å²) in [5.41, 5.74) is -3.68. The molecule has 0 fully saturated rings. The molecule has 0 aromatic carbocycles. The van der Waals surface area contributed by atoms with Gasteiger partial charge >= 0.3 is 12.2 Å². The summed E-state index contributed by atoms with van der Waals surface area (Å²) < 4.78 is 38.3. The van der Waals surface area contributed by atoms with E-state index in [0.29, 0.717) is 0 Å². The second-order valence-electron chi connectivity index (χ2n) is 3.35.